The fourth-order valence-corrected chi connectivity index (χ4v) is 4.97. The van der Waals surface area contributed by atoms with Crippen molar-refractivity contribution >= 4 is 20.1 Å². The minimum absolute atomic E-state index is 0.129. The van der Waals surface area contributed by atoms with Gasteiger partial charge < -0.3 is 14.3 Å². The molecule has 0 aliphatic rings. The zero-order valence-electron chi connectivity index (χ0n) is 23.6. The van der Waals surface area contributed by atoms with Crippen LogP contribution in [-0.4, -0.2) is 31.6 Å². The second-order valence-corrected chi connectivity index (χ2v) is 16.0. The molecule has 2 aromatic carbocycles. The number of carbonyl (C=O) groups is 1. The van der Waals surface area contributed by atoms with E-state index < -0.39 is 14.4 Å². The average Bonchev–Trinajstić information content (AvgIpc) is 2.81. The second-order valence-electron chi connectivity index (χ2n) is 11.2. The van der Waals surface area contributed by atoms with Crippen molar-refractivity contribution in [2.45, 2.75) is 72.8 Å². The number of carboxylic acid groups (broad SMARTS) is 1. The molecule has 3 aromatic rings. The Morgan fingerprint density at radius 3 is 2.24 bits per heavy atom. The van der Waals surface area contributed by atoms with Gasteiger partial charge in [-0.3, -0.25) is 9.88 Å². The molecule has 198 valence electrons. The standard InChI is InChI=1S/C30H40N2O4Si/c1-20-14-25(24-12-10-23(11-13-24)19-36-37(8,9)30(4,5)6)16-26(15-20)32(29(33)34)18-27-22(3)28(35-7)21(2)17-31-27/h10-17H,18-19H2,1-9H3,(H,33,34). The lowest BCUT2D eigenvalue weighted by Crippen LogP contribution is -2.40. The topological polar surface area (TPSA) is 71.9 Å². The number of hydrogen-bond acceptors (Lipinski definition) is 4. The molecule has 1 heterocycles. The maximum Gasteiger partial charge on any atom is 0.412 e. The Bertz CT molecular complexity index is 1260. The number of aromatic nitrogens is 1. The summed E-state index contributed by atoms with van der Waals surface area (Å²) in [7, 11) is -0.207. The van der Waals surface area contributed by atoms with Crippen LogP contribution in [-0.2, 0) is 17.6 Å². The van der Waals surface area contributed by atoms with E-state index in [0.29, 0.717) is 18.0 Å². The molecule has 0 aliphatic carbocycles. The first-order valence-electron chi connectivity index (χ1n) is 12.6. The Morgan fingerprint density at radius 1 is 1.03 bits per heavy atom. The fraction of sp³-hybridized carbons (Fsp3) is 0.400. The van der Waals surface area contributed by atoms with Gasteiger partial charge in [0.15, 0.2) is 8.32 Å². The monoisotopic (exact) mass is 520 g/mol. The quantitative estimate of drug-likeness (QED) is 0.306. The van der Waals surface area contributed by atoms with Gasteiger partial charge in [0.1, 0.15) is 5.75 Å². The highest BCUT2D eigenvalue weighted by Gasteiger charge is 2.37. The Kier molecular flexibility index (Phi) is 8.50. The van der Waals surface area contributed by atoms with Crippen molar-refractivity contribution in [1.29, 1.82) is 0 Å². The largest absolute Gasteiger partial charge is 0.496 e. The molecule has 1 N–H and O–H groups in total. The van der Waals surface area contributed by atoms with Crippen LogP contribution in [0.1, 0.15) is 48.7 Å². The summed E-state index contributed by atoms with van der Waals surface area (Å²) < 4.78 is 11.9. The molecule has 0 atom stereocenters. The van der Waals surface area contributed by atoms with E-state index in [1.54, 1.807) is 13.3 Å². The van der Waals surface area contributed by atoms with Crippen LogP contribution in [0.15, 0.2) is 48.7 Å². The minimum Gasteiger partial charge on any atom is -0.496 e. The number of amides is 1. The molecule has 0 spiro atoms. The molecule has 0 aliphatic heterocycles. The van der Waals surface area contributed by atoms with Crippen molar-refractivity contribution < 1.29 is 19.1 Å². The summed E-state index contributed by atoms with van der Waals surface area (Å²) >= 11 is 0. The summed E-state index contributed by atoms with van der Waals surface area (Å²) in [5.74, 6) is 0.734. The molecule has 0 fully saturated rings. The molecule has 0 saturated carbocycles. The Labute approximate surface area is 222 Å². The first kappa shape index (κ1) is 28.4. The fourth-order valence-electron chi connectivity index (χ4n) is 4.01. The molecule has 37 heavy (non-hydrogen) atoms. The number of nitrogens with zero attached hydrogens (tertiary/aromatic N) is 2. The zero-order chi connectivity index (χ0) is 27.5. The molecule has 0 unspecified atom stereocenters. The van der Waals surface area contributed by atoms with Crippen LogP contribution in [0.25, 0.3) is 11.1 Å². The number of methoxy groups -OCH3 is 1. The molecule has 1 aromatic heterocycles. The van der Waals surface area contributed by atoms with E-state index in [0.717, 1.165) is 39.1 Å². The van der Waals surface area contributed by atoms with Gasteiger partial charge in [-0.2, -0.15) is 0 Å². The number of hydrogen-bond donors (Lipinski definition) is 1. The van der Waals surface area contributed by atoms with Gasteiger partial charge >= 0.3 is 6.09 Å². The van der Waals surface area contributed by atoms with Gasteiger partial charge in [0.2, 0.25) is 0 Å². The molecule has 3 rings (SSSR count). The summed E-state index contributed by atoms with van der Waals surface area (Å²) in [6.45, 7) is 17.8. The van der Waals surface area contributed by atoms with Gasteiger partial charge in [0.05, 0.1) is 26.0 Å². The average molecular weight is 521 g/mol. The van der Waals surface area contributed by atoms with E-state index in [-0.39, 0.29) is 11.6 Å². The van der Waals surface area contributed by atoms with Gasteiger partial charge in [-0.1, -0.05) is 51.1 Å². The summed E-state index contributed by atoms with van der Waals surface area (Å²) in [5.41, 5.74) is 7.13. The molecular weight excluding hydrogens is 480 g/mol. The van der Waals surface area contributed by atoms with Crippen molar-refractivity contribution in [1.82, 2.24) is 4.98 Å². The maximum absolute atomic E-state index is 12.3. The number of aryl methyl sites for hydroxylation is 2. The summed E-state index contributed by atoms with van der Waals surface area (Å²) in [6, 6.07) is 14.2. The second kappa shape index (κ2) is 11.1. The lowest BCUT2D eigenvalue weighted by atomic mass is 10.0. The molecule has 6 nitrogen and oxygen atoms in total. The van der Waals surface area contributed by atoms with E-state index in [2.05, 4.69) is 69.2 Å². The first-order chi connectivity index (χ1) is 17.2. The van der Waals surface area contributed by atoms with Crippen LogP contribution in [0.2, 0.25) is 18.1 Å². The van der Waals surface area contributed by atoms with Crippen molar-refractivity contribution in [3.63, 3.8) is 0 Å². The third kappa shape index (κ3) is 6.59. The van der Waals surface area contributed by atoms with Crippen molar-refractivity contribution in [3.05, 3.63) is 76.6 Å². The van der Waals surface area contributed by atoms with Gasteiger partial charge in [0, 0.05) is 23.0 Å². The van der Waals surface area contributed by atoms with Gasteiger partial charge in [-0.15, -0.1) is 0 Å². The third-order valence-electron chi connectivity index (χ3n) is 7.36. The Morgan fingerprint density at radius 2 is 1.68 bits per heavy atom. The predicted molar refractivity (Wildman–Crippen MR) is 153 cm³/mol. The smallest absolute Gasteiger partial charge is 0.412 e. The van der Waals surface area contributed by atoms with Crippen LogP contribution < -0.4 is 9.64 Å². The highest BCUT2D eigenvalue weighted by Crippen LogP contribution is 2.37. The number of anilines is 1. The van der Waals surface area contributed by atoms with Crippen molar-refractivity contribution in [3.8, 4) is 16.9 Å². The number of benzene rings is 2. The van der Waals surface area contributed by atoms with E-state index in [4.69, 9.17) is 9.16 Å². The molecule has 0 bridgehead atoms. The van der Waals surface area contributed by atoms with Crippen molar-refractivity contribution in [2.75, 3.05) is 12.0 Å². The molecule has 0 saturated heterocycles. The zero-order valence-corrected chi connectivity index (χ0v) is 24.6. The maximum atomic E-state index is 12.3. The Balaban J connectivity index is 1.87. The van der Waals surface area contributed by atoms with Crippen LogP contribution in [0.5, 0.6) is 5.75 Å². The first-order valence-corrected chi connectivity index (χ1v) is 15.5. The lowest BCUT2D eigenvalue weighted by molar-refractivity contribution is 0.201. The number of ether oxygens (including phenoxy) is 1. The SMILES string of the molecule is COc1c(C)cnc(CN(C(=O)O)c2cc(C)cc(-c3ccc(CO[Si](C)(C)C(C)(C)C)cc3)c2)c1C. The molecule has 7 heteroatoms. The van der Waals surface area contributed by atoms with E-state index in [1.165, 1.54) is 4.90 Å². The third-order valence-corrected chi connectivity index (χ3v) is 11.8. The van der Waals surface area contributed by atoms with Gasteiger partial charge in [-0.05, 0) is 73.3 Å². The minimum atomic E-state index is -1.82. The highest BCUT2D eigenvalue weighted by atomic mass is 28.4. The summed E-state index contributed by atoms with van der Waals surface area (Å²) in [6.07, 6.45) is 0.689. The highest BCUT2D eigenvalue weighted by molar-refractivity contribution is 6.74. The lowest BCUT2D eigenvalue weighted by Gasteiger charge is -2.36. The number of rotatable bonds is 8. The van der Waals surface area contributed by atoms with Crippen LogP contribution in [0.3, 0.4) is 0 Å². The molecule has 1 amide bonds. The van der Waals surface area contributed by atoms with Crippen LogP contribution in [0, 0.1) is 20.8 Å². The van der Waals surface area contributed by atoms with Crippen LogP contribution in [0.4, 0.5) is 10.5 Å². The normalized spacial score (nSPS) is 11.9. The summed E-state index contributed by atoms with van der Waals surface area (Å²) in [4.78, 5) is 18.2. The van der Waals surface area contributed by atoms with E-state index >= 15 is 0 Å². The predicted octanol–water partition coefficient (Wildman–Crippen LogP) is 7.89. The number of pyridine rings is 1. The molecular formula is C30H40N2O4Si. The van der Waals surface area contributed by atoms with Gasteiger partial charge in [-0.25, -0.2) is 4.79 Å². The van der Waals surface area contributed by atoms with E-state index in [1.807, 2.05) is 32.9 Å². The van der Waals surface area contributed by atoms with Gasteiger partial charge in [0.25, 0.3) is 0 Å². The Hall–Kier alpha value is -3.16. The summed E-state index contributed by atoms with van der Waals surface area (Å²) in [5, 5.41) is 10.3. The van der Waals surface area contributed by atoms with Crippen molar-refractivity contribution in [2.24, 2.45) is 0 Å². The molecule has 0 radical (unpaired) electrons. The van der Waals surface area contributed by atoms with Crippen LogP contribution >= 0.6 is 0 Å². The van der Waals surface area contributed by atoms with E-state index in [9.17, 15) is 9.90 Å².